The Hall–Kier alpha value is -2.01. The Morgan fingerprint density at radius 2 is 1.45 bits per heavy atom. The molecule has 2 rings (SSSR count). The first kappa shape index (κ1) is 14.4. The highest BCUT2D eigenvalue weighted by molar-refractivity contribution is 7.93. The smallest absolute Gasteiger partial charge is 0.264 e. The number of hydrogen-bond donors (Lipinski definition) is 2. The van der Waals surface area contributed by atoms with Crippen LogP contribution in [0.25, 0.3) is 0 Å². The summed E-state index contributed by atoms with van der Waals surface area (Å²) in [4.78, 5) is 0.151. The number of sulfonamides is 1. The Morgan fingerprint density at radius 1 is 0.900 bits per heavy atom. The molecular formula is C15H18N2O2S. The van der Waals surface area contributed by atoms with Crippen LogP contribution in [0.5, 0.6) is 0 Å². The predicted octanol–water partition coefficient (Wildman–Crippen LogP) is 2.99. The molecule has 0 spiro atoms. The van der Waals surface area contributed by atoms with Gasteiger partial charge in [0.05, 0.1) is 5.69 Å². The quantitative estimate of drug-likeness (QED) is 0.854. The zero-order valence-electron chi connectivity index (χ0n) is 11.8. The van der Waals surface area contributed by atoms with Crippen molar-refractivity contribution in [3.05, 3.63) is 53.1 Å². The summed E-state index contributed by atoms with van der Waals surface area (Å²) < 4.78 is 27.5. The normalized spacial score (nSPS) is 11.3. The number of hydrogen-bond acceptors (Lipinski definition) is 3. The first-order chi connectivity index (χ1) is 9.31. The Kier molecular flexibility index (Phi) is 3.72. The number of anilines is 2. The van der Waals surface area contributed by atoms with E-state index in [1.165, 1.54) is 0 Å². The lowest BCUT2D eigenvalue weighted by Gasteiger charge is -2.14. The van der Waals surface area contributed by atoms with Crippen molar-refractivity contribution in [2.24, 2.45) is 0 Å². The minimum absolute atomic E-state index is 0.151. The van der Waals surface area contributed by atoms with Crippen LogP contribution >= 0.6 is 0 Å². The van der Waals surface area contributed by atoms with E-state index in [1.54, 1.807) is 32.0 Å². The van der Waals surface area contributed by atoms with Crippen LogP contribution in [0.2, 0.25) is 0 Å². The van der Waals surface area contributed by atoms with Crippen molar-refractivity contribution in [1.29, 1.82) is 0 Å². The summed E-state index contributed by atoms with van der Waals surface area (Å²) in [5.41, 5.74) is 9.20. The lowest BCUT2D eigenvalue weighted by atomic mass is 10.1. The number of benzene rings is 2. The summed E-state index contributed by atoms with van der Waals surface area (Å²) in [5, 5.41) is 0. The third kappa shape index (κ3) is 2.77. The summed E-state index contributed by atoms with van der Waals surface area (Å²) in [6.07, 6.45) is 0. The molecule has 5 heteroatoms. The fourth-order valence-corrected chi connectivity index (χ4v) is 3.48. The van der Waals surface area contributed by atoms with Crippen molar-refractivity contribution in [2.45, 2.75) is 25.7 Å². The van der Waals surface area contributed by atoms with Crippen molar-refractivity contribution in [3.8, 4) is 0 Å². The van der Waals surface area contributed by atoms with Gasteiger partial charge in [-0.3, -0.25) is 4.72 Å². The van der Waals surface area contributed by atoms with Gasteiger partial charge in [-0.15, -0.1) is 0 Å². The van der Waals surface area contributed by atoms with Crippen LogP contribution in [0, 0.1) is 20.8 Å². The van der Waals surface area contributed by atoms with Gasteiger partial charge in [0.15, 0.2) is 0 Å². The van der Waals surface area contributed by atoms with Gasteiger partial charge in [0.2, 0.25) is 0 Å². The molecule has 0 aliphatic rings. The minimum Gasteiger partial charge on any atom is -0.397 e. The van der Waals surface area contributed by atoms with Gasteiger partial charge in [0.25, 0.3) is 10.0 Å². The van der Waals surface area contributed by atoms with Crippen molar-refractivity contribution in [2.75, 3.05) is 10.5 Å². The first-order valence-electron chi connectivity index (χ1n) is 6.26. The van der Waals surface area contributed by atoms with E-state index in [-0.39, 0.29) is 4.90 Å². The average Bonchev–Trinajstić information content (AvgIpc) is 2.37. The number of aryl methyl sites for hydroxylation is 3. The van der Waals surface area contributed by atoms with Gasteiger partial charge in [0, 0.05) is 5.69 Å². The Morgan fingerprint density at radius 3 is 2.05 bits per heavy atom. The lowest BCUT2D eigenvalue weighted by Crippen LogP contribution is -2.16. The van der Waals surface area contributed by atoms with Gasteiger partial charge >= 0.3 is 0 Å². The second kappa shape index (κ2) is 5.17. The molecule has 0 aliphatic heterocycles. The number of nitrogen functional groups attached to an aromatic ring is 1. The molecule has 0 fully saturated rings. The van der Waals surface area contributed by atoms with Crippen molar-refractivity contribution < 1.29 is 8.42 Å². The number of rotatable bonds is 3. The van der Waals surface area contributed by atoms with Gasteiger partial charge in [-0.2, -0.15) is 0 Å². The second-order valence-corrected chi connectivity index (χ2v) is 6.53. The van der Waals surface area contributed by atoms with Gasteiger partial charge in [-0.25, -0.2) is 8.42 Å². The highest BCUT2D eigenvalue weighted by Crippen LogP contribution is 2.27. The number of nitrogens with two attached hydrogens (primary N) is 1. The van der Waals surface area contributed by atoms with E-state index in [2.05, 4.69) is 4.72 Å². The van der Waals surface area contributed by atoms with E-state index < -0.39 is 10.0 Å². The van der Waals surface area contributed by atoms with E-state index in [4.69, 9.17) is 5.73 Å². The van der Waals surface area contributed by atoms with Gasteiger partial charge in [-0.1, -0.05) is 29.8 Å². The third-order valence-corrected chi connectivity index (χ3v) is 4.77. The van der Waals surface area contributed by atoms with Gasteiger partial charge < -0.3 is 5.73 Å². The van der Waals surface area contributed by atoms with E-state index in [1.807, 2.05) is 25.1 Å². The SMILES string of the molecule is Cc1ccc(NS(=O)(=O)c2c(C)ccc(C)c2N)cc1. The Labute approximate surface area is 119 Å². The van der Waals surface area contributed by atoms with Crippen LogP contribution in [0.15, 0.2) is 41.3 Å². The molecule has 3 N–H and O–H groups in total. The van der Waals surface area contributed by atoms with Crippen molar-refractivity contribution in [3.63, 3.8) is 0 Å². The molecule has 106 valence electrons. The lowest BCUT2D eigenvalue weighted by molar-refractivity contribution is 0.601. The monoisotopic (exact) mass is 290 g/mol. The van der Waals surface area contributed by atoms with E-state index in [0.29, 0.717) is 16.9 Å². The maximum Gasteiger partial charge on any atom is 0.264 e. The largest absolute Gasteiger partial charge is 0.397 e. The summed E-state index contributed by atoms with van der Waals surface area (Å²) >= 11 is 0. The molecule has 0 aromatic heterocycles. The predicted molar refractivity (Wildman–Crippen MR) is 82.3 cm³/mol. The highest BCUT2D eigenvalue weighted by atomic mass is 32.2. The topological polar surface area (TPSA) is 72.2 Å². The maximum atomic E-state index is 12.5. The molecule has 4 nitrogen and oxygen atoms in total. The Bertz CT molecular complexity index is 735. The number of nitrogens with one attached hydrogen (secondary N) is 1. The molecule has 0 radical (unpaired) electrons. The van der Waals surface area contributed by atoms with Crippen LogP contribution in [0.3, 0.4) is 0 Å². The molecule has 2 aromatic rings. The molecule has 0 unspecified atom stereocenters. The third-order valence-electron chi connectivity index (χ3n) is 3.18. The second-order valence-electron chi connectivity index (χ2n) is 4.91. The zero-order chi connectivity index (χ0) is 14.9. The Balaban J connectivity index is 2.46. The van der Waals surface area contributed by atoms with Crippen LogP contribution in [0.4, 0.5) is 11.4 Å². The van der Waals surface area contributed by atoms with Gasteiger partial charge in [-0.05, 0) is 44.0 Å². The fraction of sp³-hybridized carbons (Fsp3) is 0.200. The van der Waals surface area contributed by atoms with Gasteiger partial charge in [0.1, 0.15) is 4.90 Å². The van der Waals surface area contributed by atoms with Crippen LogP contribution in [-0.4, -0.2) is 8.42 Å². The standard InChI is InChI=1S/C15H18N2O2S/c1-10-4-8-13(9-5-10)17-20(18,19)15-12(3)7-6-11(2)14(15)16/h4-9,17H,16H2,1-3H3. The molecular weight excluding hydrogens is 272 g/mol. The van der Waals surface area contributed by atoms with E-state index in [0.717, 1.165) is 11.1 Å². The molecule has 2 aromatic carbocycles. The molecule has 0 saturated carbocycles. The van der Waals surface area contributed by atoms with Crippen LogP contribution in [0.1, 0.15) is 16.7 Å². The molecule has 0 heterocycles. The summed E-state index contributed by atoms with van der Waals surface area (Å²) in [5.74, 6) is 0. The zero-order valence-corrected chi connectivity index (χ0v) is 12.6. The molecule has 0 saturated heterocycles. The van der Waals surface area contributed by atoms with Crippen molar-refractivity contribution in [1.82, 2.24) is 0 Å². The summed E-state index contributed by atoms with van der Waals surface area (Å²) in [7, 11) is -3.69. The first-order valence-corrected chi connectivity index (χ1v) is 7.75. The van der Waals surface area contributed by atoms with Crippen LogP contribution < -0.4 is 10.5 Å². The van der Waals surface area contributed by atoms with Crippen LogP contribution in [-0.2, 0) is 10.0 Å². The highest BCUT2D eigenvalue weighted by Gasteiger charge is 2.21. The average molecular weight is 290 g/mol. The molecule has 0 bridgehead atoms. The summed E-state index contributed by atoms with van der Waals surface area (Å²) in [6.45, 7) is 5.47. The van der Waals surface area contributed by atoms with Crippen molar-refractivity contribution >= 4 is 21.4 Å². The minimum atomic E-state index is -3.69. The van der Waals surface area contributed by atoms with E-state index >= 15 is 0 Å². The molecule has 0 atom stereocenters. The summed E-state index contributed by atoms with van der Waals surface area (Å²) in [6, 6.07) is 10.7. The molecule has 20 heavy (non-hydrogen) atoms. The maximum absolute atomic E-state index is 12.5. The fourth-order valence-electron chi connectivity index (χ4n) is 1.99. The molecule has 0 amide bonds. The molecule has 0 aliphatic carbocycles. The van der Waals surface area contributed by atoms with E-state index in [9.17, 15) is 8.42 Å².